The lowest BCUT2D eigenvalue weighted by Crippen LogP contribution is -2.21. The van der Waals surface area contributed by atoms with Crippen molar-refractivity contribution in [1.29, 1.82) is 5.26 Å². The Hall–Kier alpha value is -2.00. The Morgan fingerprint density at radius 3 is 2.52 bits per heavy atom. The molecule has 1 atom stereocenters. The first-order chi connectivity index (χ1) is 10.0. The first-order valence-corrected chi connectivity index (χ1v) is 7.58. The molecule has 8 heteroatoms. The average Bonchev–Trinajstić information content (AvgIpc) is 2.52. The summed E-state index contributed by atoms with van der Waals surface area (Å²) in [6.07, 6.45) is 0. The minimum Gasteiger partial charge on any atom is -0.497 e. The number of nitriles is 1. The maximum Gasteiger partial charge on any atom is 0.343 e. The predicted molar refractivity (Wildman–Crippen MR) is 74.8 cm³/mol. The fourth-order valence-electron chi connectivity index (χ4n) is 2.15. The SMILES string of the molecule is COc1ccc2c(c1)OC(N)=C(C#N)C2P(=O)(OC)OC. The van der Waals surface area contributed by atoms with E-state index in [0.29, 0.717) is 17.1 Å². The van der Waals surface area contributed by atoms with Gasteiger partial charge in [0.1, 0.15) is 28.8 Å². The van der Waals surface area contributed by atoms with Crippen LogP contribution in [0.25, 0.3) is 0 Å². The third-order valence-electron chi connectivity index (χ3n) is 3.22. The number of ether oxygens (including phenoxy) is 2. The van der Waals surface area contributed by atoms with Crippen molar-refractivity contribution < 1.29 is 23.1 Å². The molecular weight excluding hydrogens is 295 g/mol. The Kier molecular flexibility index (Phi) is 4.24. The molecule has 2 N–H and O–H groups in total. The van der Waals surface area contributed by atoms with Crippen molar-refractivity contribution in [2.24, 2.45) is 5.73 Å². The Balaban J connectivity index is 2.67. The first-order valence-electron chi connectivity index (χ1n) is 5.97. The number of hydrogen-bond acceptors (Lipinski definition) is 7. The molecular formula is C13H15N2O5P. The summed E-state index contributed by atoms with van der Waals surface area (Å²) in [5, 5.41) is 9.29. The number of nitrogens with zero attached hydrogens (tertiary/aromatic N) is 1. The van der Waals surface area contributed by atoms with Gasteiger partial charge in [0.05, 0.1) is 7.11 Å². The minimum atomic E-state index is -3.60. The summed E-state index contributed by atoms with van der Waals surface area (Å²) in [6.45, 7) is 0. The third kappa shape index (κ3) is 2.49. The summed E-state index contributed by atoms with van der Waals surface area (Å²) in [7, 11) is 0.424. The molecule has 7 nitrogen and oxygen atoms in total. The number of methoxy groups -OCH3 is 1. The van der Waals surface area contributed by atoms with Crippen LogP contribution in [-0.4, -0.2) is 21.3 Å². The molecule has 0 spiro atoms. The largest absolute Gasteiger partial charge is 0.497 e. The summed E-state index contributed by atoms with van der Waals surface area (Å²) in [5.74, 6) is 0.771. The molecule has 0 saturated heterocycles. The minimum absolute atomic E-state index is 0.0136. The zero-order valence-corrected chi connectivity index (χ0v) is 12.7. The smallest absolute Gasteiger partial charge is 0.343 e. The second kappa shape index (κ2) is 5.78. The van der Waals surface area contributed by atoms with Crippen LogP contribution in [0.15, 0.2) is 29.7 Å². The lowest BCUT2D eigenvalue weighted by atomic mass is 10.0. The fourth-order valence-corrected chi connectivity index (χ4v) is 3.78. The van der Waals surface area contributed by atoms with Gasteiger partial charge in [-0.05, 0) is 6.07 Å². The van der Waals surface area contributed by atoms with Gasteiger partial charge in [-0.3, -0.25) is 4.57 Å². The van der Waals surface area contributed by atoms with Crippen LogP contribution in [0.1, 0.15) is 11.2 Å². The molecule has 1 aromatic carbocycles. The van der Waals surface area contributed by atoms with Crippen molar-refractivity contribution in [1.82, 2.24) is 0 Å². The number of allylic oxidation sites excluding steroid dienone is 1. The van der Waals surface area contributed by atoms with E-state index < -0.39 is 13.3 Å². The van der Waals surface area contributed by atoms with Gasteiger partial charge < -0.3 is 24.3 Å². The Bertz CT molecular complexity index is 672. The molecule has 1 aliphatic heterocycles. The maximum atomic E-state index is 12.8. The summed E-state index contributed by atoms with van der Waals surface area (Å²) in [5.41, 5.74) is 5.32. The first kappa shape index (κ1) is 15.4. The van der Waals surface area contributed by atoms with Gasteiger partial charge in [-0.25, -0.2) is 0 Å². The highest BCUT2D eigenvalue weighted by Crippen LogP contribution is 2.65. The molecule has 0 aromatic heterocycles. The van der Waals surface area contributed by atoms with E-state index in [-0.39, 0.29) is 11.5 Å². The van der Waals surface area contributed by atoms with Crippen molar-refractivity contribution in [2.75, 3.05) is 21.3 Å². The standard InChI is InChI=1S/C13H15N2O5P/c1-17-8-4-5-9-11(6-8)20-13(15)10(7-14)12(9)21(16,18-2)19-3/h4-6,12H,15H2,1-3H3. The summed E-state index contributed by atoms with van der Waals surface area (Å²) < 4.78 is 33.3. The van der Waals surface area contributed by atoms with E-state index in [1.807, 2.05) is 6.07 Å². The van der Waals surface area contributed by atoms with E-state index in [0.717, 1.165) is 0 Å². The van der Waals surface area contributed by atoms with E-state index in [1.54, 1.807) is 18.2 Å². The zero-order valence-electron chi connectivity index (χ0n) is 11.8. The van der Waals surface area contributed by atoms with Crippen molar-refractivity contribution in [3.63, 3.8) is 0 Å². The van der Waals surface area contributed by atoms with Crippen LogP contribution in [0.3, 0.4) is 0 Å². The van der Waals surface area contributed by atoms with Gasteiger partial charge in [0.25, 0.3) is 0 Å². The van der Waals surface area contributed by atoms with E-state index in [9.17, 15) is 9.83 Å². The second-order valence-electron chi connectivity index (χ2n) is 4.20. The third-order valence-corrected chi connectivity index (χ3v) is 5.41. The summed E-state index contributed by atoms with van der Waals surface area (Å²) in [6, 6.07) is 6.82. The molecule has 0 saturated carbocycles. The fraction of sp³-hybridized carbons (Fsp3) is 0.308. The lowest BCUT2D eigenvalue weighted by molar-refractivity contribution is 0.266. The van der Waals surface area contributed by atoms with E-state index in [4.69, 9.17) is 24.3 Å². The molecule has 21 heavy (non-hydrogen) atoms. The Morgan fingerprint density at radius 1 is 1.33 bits per heavy atom. The van der Waals surface area contributed by atoms with Gasteiger partial charge in [0.15, 0.2) is 0 Å². The van der Waals surface area contributed by atoms with Gasteiger partial charge in [0, 0.05) is 25.8 Å². The highest BCUT2D eigenvalue weighted by molar-refractivity contribution is 7.54. The van der Waals surface area contributed by atoms with Crippen molar-refractivity contribution >= 4 is 7.60 Å². The van der Waals surface area contributed by atoms with Crippen LogP contribution >= 0.6 is 7.60 Å². The molecule has 1 aliphatic rings. The zero-order chi connectivity index (χ0) is 15.6. The normalized spacial score (nSPS) is 17.7. The number of rotatable bonds is 4. The molecule has 0 amide bonds. The van der Waals surface area contributed by atoms with Gasteiger partial charge in [-0.15, -0.1) is 0 Å². The van der Waals surface area contributed by atoms with Crippen LogP contribution < -0.4 is 15.2 Å². The lowest BCUT2D eigenvalue weighted by Gasteiger charge is -2.29. The quantitative estimate of drug-likeness (QED) is 0.851. The number of fused-ring (bicyclic) bond motifs is 1. The maximum absolute atomic E-state index is 12.8. The highest BCUT2D eigenvalue weighted by Gasteiger charge is 2.44. The number of nitrogens with two attached hydrogens (primary N) is 1. The average molecular weight is 310 g/mol. The van der Waals surface area contributed by atoms with Crippen LogP contribution in [0, 0.1) is 11.3 Å². The van der Waals surface area contributed by atoms with Crippen LogP contribution in [-0.2, 0) is 13.6 Å². The van der Waals surface area contributed by atoms with Gasteiger partial charge in [0.2, 0.25) is 5.88 Å². The second-order valence-corrected chi connectivity index (χ2v) is 6.53. The van der Waals surface area contributed by atoms with Crippen LogP contribution in [0.4, 0.5) is 0 Å². The van der Waals surface area contributed by atoms with Gasteiger partial charge in [-0.2, -0.15) is 5.26 Å². The molecule has 0 radical (unpaired) electrons. The topological polar surface area (TPSA) is 104 Å². The molecule has 0 fully saturated rings. The van der Waals surface area contributed by atoms with E-state index in [2.05, 4.69) is 0 Å². The van der Waals surface area contributed by atoms with Crippen molar-refractivity contribution in [3.8, 4) is 17.6 Å². The summed E-state index contributed by atoms with van der Waals surface area (Å²) >= 11 is 0. The van der Waals surface area contributed by atoms with Crippen LogP contribution in [0.5, 0.6) is 11.5 Å². The van der Waals surface area contributed by atoms with Crippen molar-refractivity contribution in [3.05, 3.63) is 35.2 Å². The molecule has 1 aromatic rings. The highest BCUT2D eigenvalue weighted by atomic mass is 31.2. The molecule has 0 bridgehead atoms. The molecule has 112 valence electrons. The van der Waals surface area contributed by atoms with Crippen molar-refractivity contribution in [2.45, 2.75) is 5.66 Å². The van der Waals surface area contributed by atoms with Gasteiger partial charge >= 0.3 is 7.60 Å². The van der Waals surface area contributed by atoms with E-state index >= 15 is 0 Å². The molecule has 1 unspecified atom stereocenters. The van der Waals surface area contributed by atoms with Gasteiger partial charge in [-0.1, -0.05) is 6.07 Å². The number of benzene rings is 1. The van der Waals surface area contributed by atoms with Crippen LogP contribution in [0.2, 0.25) is 0 Å². The molecule has 2 rings (SSSR count). The Labute approximate surface area is 122 Å². The molecule has 1 heterocycles. The Morgan fingerprint density at radius 2 is 2.00 bits per heavy atom. The number of hydrogen-bond donors (Lipinski definition) is 1. The monoisotopic (exact) mass is 310 g/mol. The summed E-state index contributed by atoms with van der Waals surface area (Å²) in [4.78, 5) is 0. The molecule has 0 aliphatic carbocycles. The predicted octanol–water partition coefficient (Wildman–Crippen LogP) is 2.31. The van der Waals surface area contributed by atoms with E-state index in [1.165, 1.54) is 21.3 Å².